The molecule has 0 aliphatic heterocycles. The lowest BCUT2D eigenvalue weighted by atomic mass is 10.1. The van der Waals surface area contributed by atoms with Gasteiger partial charge in [-0.05, 0) is 42.0 Å². The topological polar surface area (TPSA) is 78.4 Å². The molecule has 0 aliphatic rings. The standard InChI is InChI=1S/C18H18N2O3/c1-13(22)19-16-9-7-15(8-10-16)18(23)20-17-6-2-4-14(12-17)5-3-11-21/h2-10,12,21H,11H2,1H3,(H,19,22)(H,20,23). The molecule has 2 amide bonds. The fourth-order valence-electron chi connectivity index (χ4n) is 2.02. The van der Waals surface area contributed by atoms with Gasteiger partial charge in [-0.3, -0.25) is 9.59 Å². The molecular weight excluding hydrogens is 292 g/mol. The maximum Gasteiger partial charge on any atom is 0.255 e. The van der Waals surface area contributed by atoms with E-state index in [9.17, 15) is 9.59 Å². The minimum Gasteiger partial charge on any atom is -0.392 e. The van der Waals surface area contributed by atoms with Gasteiger partial charge in [-0.15, -0.1) is 0 Å². The molecule has 118 valence electrons. The summed E-state index contributed by atoms with van der Waals surface area (Å²) in [6, 6.07) is 14.0. The van der Waals surface area contributed by atoms with E-state index >= 15 is 0 Å². The van der Waals surface area contributed by atoms with E-state index in [0.717, 1.165) is 5.56 Å². The van der Waals surface area contributed by atoms with Crippen molar-refractivity contribution in [1.82, 2.24) is 0 Å². The summed E-state index contributed by atoms with van der Waals surface area (Å²) < 4.78 is 0. The van der Waals surface area contributed by atoms with Crippen LogP contribution in [0.25, 0.3) is 6.08 Å². The molecule has 0 spiro atoms. The third-order valence-electron chi connectivity index (χ3n) is 3.03. The Bertz CT molecular complexity index is 721. The minimum atomic E-state index is -0.234. The second-order valence-electron chi connectivity index (χ2n) is 4.92. The van der Waals surface area contributed by atoms with Gasteiger partial charge in [0.15, 0.2) is 0 Å². The predicted octanol–water partition coefficient (Wildman–Crippen LogP) is 2.90. The third-order valence-corrected chi connectivity index (χ3v) is 3.03. The Hall–Kier alpha value is -2.92. The quantitative estimate of drug-likeness (QED) is 0.794. The Morgan fingerprint density at radius 1 is 1.04 bits per heavy atom. The first-order valence-electron chi connectivity index (χ1n) is 7.15. The van der Waals surface area contributed by atoms with Crippen LogP contribution in [0.15, 0.2) is 54.6 Å². The summed E-state index contributed by atoms with van der Waals surface area (Å²) in [6.07, 6.45) is 3.40. The van der Waals surface area contributed by atoms with Crippen LogP contribution in [-0.2, 0) is 4.79 Å². The lowest BCUT2D eigenvalue weighted by molar-refractivity contribution is -0.114. The van der Waals surface area contributed by atoms with E-state index in [1.54, 1.807) is 42.5 Å². The van der Waals surface area contributed by atoms with Crippen molar-refractivity contribution in [3.8, 4) is 0 Å². The molecule has 0 bridgehead atoms. The van der Waals surface area contributed by atoms with Gasteiger partial charge in [0.2, 0.25) is 5.91 Å². The van der Waals surface area contributed by atoms with E-state index in [2.05, 4.69) is 10.6 Å². The van der Waals surface area contributed by atoms with E-state index in [-0.39, 0.29) is 18.4 Å². The predicted molar refractivity (Wildman–Crippen MR) is 91.3 cm³/mol. The highest BCUT2D eigenvalue weighted by Gasteiger charge is 2.06. The molecule has 0 heterocycles. The van der Waals surface area contributed by atoms with Crippen LogP contribution < -0.4 is 10.6 Å². The zero-order valence-electron chi connectivity index (χ0n) is 12.7. The van der Waals surface area contributed by atoms with Crippen molar-refractivity contribution in [2.24, 2.45) is 0 Å². The second kappa shape index (κ2) is 7.91. The number of aliphatic hydroxyl groups excluding tert-OH is 1. The lowest BCUT2D eigenvalue weighted by Gasteiger charge is -2.07. The highest BCUT2D eigenvalue weighted by molar-refractivity contribution is 6.04. The molecule has 0 saturated heterocycles. The Morgan fingerprint density at radius 3 is 2.43 bits per heavy atom. The average molecular weight is 310 g/mol. The summed E-state index contributed by atoms with van der Waals surface area (Å²) in [5.41, 5.74) is 2.69. The molecule has 0 atom stereocenters. The first-order chi connectivity index (χ1) is 11.1. The number of aliphatic hydroxyl groups is 1. The van der Waals surface area contributed by atoms with Crippen LogP contribution in [0.2, 0.25) is 0 Å². The second-order valence-corrected chi connectivity index (χ2v) is 4.92. The molecule has 0 aromatic heterocycles. The number of nitrogens with one attached hydrogen (secondary N) is 2. The molecule has 3 N–H and O–H groups in total. The first kappa shape index (κ1) is 16.5. The molecule has 2 aromatic rings. The van der Waals surface area contributed by atoms with Crippen LogP contribution in [-0.4, -0.2) is 23.5 Å². The number of hydrogen-bond acceptors (Lipinski definition) is 3. The van der Waals surface area contributed by atoms with Gasteiger partial charge in [0, 0.05) is 23.9 Å². The molecule has 0 unspecified atom stereocenters. The molecule has 23 heavy (non-hydrogen) atoms. The number of benzene rings is 2. The number of carbonyl (C=O) groups is 2. The monoisotopic (exact) mass is 310 g/mol. The van der Waals surface area contributed by atoms with Crippen LogP contribution in [0.5, 0.6) is 0 Å². The molecule has 0 saturated carbocycles. The molecule has 0 fully saturated rings. The van der Waals surface area contributed by atoms with E-state index in [4.69, 9.17) is 5.11 Å². The number of hydrogen-bond donors (Lipinski definition) is 3. The molecule has 2 rings (SSSR count). The summed E-state index contributed by atoms with van der Waals surface area (Å²) in [5, 5.41) is 14.2. The molecule has 5 nitrogen and oxygen atoms in total. The smallest absolute Gasteiger partial charge is 0.255 e. The van der Waals surface area contributed by atoms with Crippen LogP contribution in [0.1, 0.15) is 22.8 Å². The number of rotatable bonds is 5. The van der Waals surface area contributed by atoms with Crippen LogP contribution >= 0.6 is 0 Å². The van der Waals surface area contributed by atoms with E-state index in [0.29, 0.717) is 16.9 Å². The Balaban J connectivity index is 2.06. The van der Waals surface area contributed by atoms with Crippen LogP contribution in [0.4, 0.5) is 11.4 Å². The fraction of sp³-hybridized carbons (Fsp3) is 0.111. The summed E-state index contributed by atoms with van der Waals surface area (Å²) in [7, 11) is 0. The molecule has 5 heteroatoms. The summed E-state index contributed by atoms with van der Waals surface area (Å²) >= 11 is 0. The van der Waals surface area contributed by atoms with Crippen molar-refractivity contribution in [1.29, 1.82) is 0 Å². The van der Waals surface area contributed by atoms with Gasteiger partial charge in [-0.25, -0.2) is 0 Å². The van der Waals surface area contributed by atoms with Gasteiger partial charge in [0.1, 0.15) is 0 Å². The maximum atomic E-state index is 12.2. The van der Waals surface area contributed by atoms with Crippen molar-refractivity contribution < 1.29 is 14.7 Å². The van der Waals surface area contributed by atoms with Crippen molar-refractivity contribution in [3.05, 3.63) is 65.7 Å². The zero-order valence-corrected chi connectivity index (χ0v) is 12.7. The Morgan fingerprint density at radius 2 is 1.78 bits per heavy atom. The van der Waals surface area contributed by atoms with Gasteiger partial charge in [0.25, 0.3) is 5.91 Å². The largest absolute Gasteiger partial charge is 0.392 e. The third kappa shape index (κ3) is 5.09. The molecule has 0 radical (unpaired) electrons. The van der Waals surface area contributed by atoms with Crippen molar-refractivity contribution in [2.45, 2.75) is 6.92 Å². The lowest BCUT2D eigenvalue weighted by Crippen LogP contribution is -2.12. The normalized spacial score (nSPS) is 10.5. The number of carbonyl (C=O) groups excluding carboxylic acids is 2. The van der Waals surface area contributed by atoms with E-state index < -0.39 is 0 Å². The Kier molecular flexibility index (Phi) is 5.66. The molecule has 2 aromatic carbocycles. The fourth-order valence-corrected chi connectivity index (χ4v) is 2.02. The minimum absolute atomic E-state index is 0.0305. The number of anilines is 2. The highest BCUT2D eigenvalue weighted by atomic mass is 16.2. The van der Waals surface area contributed by atoms with Crippen molar-refractivity contribution in [2.75, 3.05) is 17.2 Å². The van der Waals surface area contributed by atoms with Gasteiger partial charge >= 0.3 is 0 Å². The SMILES string of the molecule is CC(=O)Nc1ccc(C(=O)Nc2cccc(C=CCO)c2)cc1. The summed E-state index contributed by atoms with van der Waals surface area (Å²) in [5.74, 6) is -0.391. The average Bonchev–Trinajstić information content (AvgIpc) is 2.53. The van der Waals surface area contributed by atoms with E-state index in [1.165, 1.54) is 6.92 Å². The van der Waals surface area contributed by atoms with Crippen molar-refractivity contribution in [3.63, 3.8) is 0 Å². The molecular formula is C18H18N2O3. The molecule has 0 aliphatic carbocycles. The van der Waals surface area contributed by atoms with Crippen LogP contribution in [0, 0.1) is 0 Å². The zero-order chi connectivity index (χ0) is 16.7. The van der Waals surface area contributed by atoms with E-state index in [1.807, 2.05) is 18.2 Å². The first-order valence-corrected chi connectivity index (χ1v) is 7.15. The summed E-state index contributed by atoms with van der Waals surface area (Å²) in [4.78, 5) is 23.2. The highest BCUT2D eigenvalue weighted by Crippen LogP contribution is 2.15. The summed E-state index contributed by atoms with van der Waals surface area (Å²) in [6.45, 7) is 1.40. The van der Waals surface area contributed by atoms with Gasteiger partial charge in [-0.1, -0.05) is 24.3 Å². The number of amides is 2. The van der Waals surface area contributed by atoms with Gasteiger partial charge < -0.3 is 15.7 Å². The van der Waals surface area contributed by atoms with Gasteiger partial charge in [0.05, 0.1) is 6.61 Å². The Labute approximate surface area is 134 Å². The van der Waals surface area contributed by atoms with Crippen molar-refractivity contribution >= 4 is 29.3 Å². The van der Waals surface area contributed by atoms with Crippen LogP contribution in [0.3, 0.4) is 0 Å². The van der Waals surface area contributed by atoms with Gasteiger partial charge in [-0.2, -0.15) is 0 Å². The maximum absolute atomic E-state index is 12.2.